The molecule has 1 amide bonds. The van der Waals surface area contributed by atoms with Gasteiger partial charge in [0.15, 0.2) is 0 Å². The average Bonchev–Trinajstić information content (AvgIpc) is 3.23. The van der Waals surface area contributed by atoms with Crippen LogP contribution in [0.4, 0.5) is 11.4 Å². The van der Waals surface area contributed by atoms with Crippen molar-refractivity contribution in [2.45, 2.75) is 44.6 Å². The molecule has 0 aliphatic carbocycles. The molecule has 1 unspecified atom stereocenters. The van der Waals surface area contributed by atoms with Crippen LogP contribution in [-0.4, -0.2) is 33.6 Å². The zero-order valence-corrected chi connectivity index (χ0v) is 17.5. The molecule has 4 rings (SSSR count). The normalized spacial score (nSPS) is 17.5. The van der Waals surface area contributed by atoms with Gasteiger partial charge in [-0.25, -0.2) is 8.42 Å². The van der Waals surface area contributed by atoms with Gasteiger partial charge >= 0.3 is 0 Å². The average molecular weight is 416 g/mol. The van der Waals surface area contributed by atoms with E-state index in [0.29, 0.717) is 36.8 Å². The molecule has 2 aliphatic heterocycles. The van der Waals surface area contributed by atoms with Crippen molar-refractivity contribution < 1.29 is 22.7 Å². The van der Waals surface area contributed by atoms with Crippen molar-refractivity contribution >= 4 is 27.3 Å². The number of carbonyl (C=O) groups is 1. The quantitative estimate of drug-likeness (QED) is 0.810. The van der Waals surface area contributed by atoms with E-state index in [1.165, 1.54) is 13.0 Å². The Morgan fingerprint density at radius 1 is 1.28 bits per heavy atom. The van der Waals surface area contributed by atoms with E-state index in [2.05, 4.69) is 4.72 Å². The minimum atomic E-state index is -3.83. The van der Waals surface area contributed by atoms with Gasteiger partial charge in [0.25, 0.3) is 10.0 Å². The SMILES string of the molecule is CCOc1cc2c(cc1NS(=O)(=O)c1ccc3c(c1)CCN3C(C)=O)OC(C)C2. The molecule has 1 atom stereocenters. The van der Waals surface area contributed by atoms with Crippen molar-refractivity contribution in [3.8, 4) is 11.5 Å². The monoisotopic (exact) mass is 416 g/mol. The largest absolute Gasteiger partial charge is 0.492 e. The Hall–Kier alpha value is -2.74. The summed E-state index contributed by atoms with van der Waals surface area (Å²) in [5.74, 6) is 1.10. The first-order valence-corrected chi connectivity index (χ1v) is 11.2. The summed E-state index contributed by atoms with van der Waals surface area (Å²) in [4.78, 5) is 13.5. The lowest BCUT2D eigenvalue weighted by Crippen LogP contribution is -2.25. The Bertz CT molecular complexity index is 1080. The van der Waals surface area contributed by atoms with Crippen molar-refractivity contribution in [3.63, 3.8) is 0 Å². The Morgan fingerprint density at radius 3 is 2.79 bits per heavy atom. The first-order chi connectivity index (χ1) is 13.8. The molecule has 2 heterocycles. The number of nitrogens with one attached hydrogen (secondary N) is 1. The molecule has 0 fully saturated rings. The number of hydrogen-bond donors (Lipinski definition) is 1. The minimum absolute atomic E-state index is 0.0484. The van der Waals surface area contributed by atoms with Crippen LogP contribution in [0.25, 0.3) is 0 Å². The van der Waals surface area contributed by atoms with Crippen LogP contribution in [0.3, 0.4) is 0 Å². The first-order valence-electron chi connectivity index (χ1n) is 9.68. The molecule has 0 spiro atoms. The van der Waals surface area contributed by atoms with Crippen molar-refractivity contribution in [1.82, 2.24) is 0 Å². The van der Waals surface area contributed by atoms with Crippen LogP contribution in [0, 0.1) is 0 Å². The van der Waals surface area contributed by atoms with E-state index in [4.69, 9.17) is 9.47 Å². The fourth-order valence-electron chi connectivity index (χ4n) is 3.87. The number of fused-ring (bicyclic) bond motifs is 2. The summed E-state index contributed by atoms with van der Waals surface area (Å²) in [6, 6.07) is 8.37. The zero-order chi connectivity index (χ0) is 20.8. The third kappa shape index (κ3) is 3.64. The molecule has 2 aromatic rings. The number of nitrogens with zero attached hydrogens (tertiary/aromatic N) is 1. The van der Waals surface area contributed by atoms with Gasteiger partial charge in [-0.1, -0.05) is 0 Å². The van der Waals surface area contributed by atoms with Crippen LogP contribution in [0.1, 0.15) is 31.9 Å². The standard InChI is InChI=1S/C21H24N2O5S/c1-4-27-21-11-16-9-13(2)28-20(16)12-18(21)22-29(25,26)17-5-6-19-15(10-17)7-8-23(19)14(3)24/h5-6,10-13,22H,4,7-9H2,1-3H3. The maximum absolute atomic E-state index is 13.0. The van der Waals surface area contributed by atoms with E-state index in [9.17, 15) is 13.2 Å². The van der Waals surface area contributed by atoms with E-state index < -0.39 is 10.0 Å². The van der Waals surface area contributed by atoms with Crippen LogP contribution >= 0.6 is 0 Å². The van der Waals surface area contributed by atoms with Gasteiger partial charge in [0.1, 0.15) is 17.6 Å². The summed E-state index contributed by atoms with van der Waals surface area (Å²) in [6.45, 7) is 6.32. The maximum atomic E-state index is 13.0. The maximum Gasteiger partial charge on any atom is 0.262 e. The molecule has 0 saturated carbocycles. The summed E-state index contributed by atoms with van der Waals surface area (Å²) in [5.41, 5.74) is 2.97. The summed E-state index contributed by atoms with van der Waals surface area (Å²) < 4.78 is 40.2. The fraction of sp³-hybridized carbons (Fsp3) is 0.381. The van der Waals surface area contributed by atoms with Gasteiger partial charge in [-0.15, -0.1) is 0 Å². The molecule has 7 nitrogen and oxygen atoms in total. The van der Waals surface area contributed by atoms with E-state index >= 15 is 0 Å². The summed E-state index contributed by atoms with van der Waals surface area (Å²) in [6.07, 6.45) is 1.44. The van der Waals surface area contributed by atoms with Crippen LogP contribution in [0.2, 0.25) is 0 Å². The van der Waals surface area contributed by atoms with E-state index in [1.54, 1.807) is 23.1 Å². The van der Waals surface area contributed by atoms with E-state index in [0.717, 1.165) is 23.2 Å². The topological polar surface area (TPSA) is 84.9 Å². The van der Waals surface area contributed by atoms with Crippen LogP contribution in [0.15, 0.2) is 35.2 Å². The first kappa shape index (κ1) is 19.6. The third-order valence-corrected chi connectivity index (χ3v) is 6.54. The van der Waals surface area contributed by atoms with Crippen LogP contribution < -0.4 is 19.1 Å². The number of amides is 1. The molecule has 29 heavy (non-hydrogen) atoms. The molecule has 0 aromatic heterocycles. The predicted octanol–water partition coefficient (Wildman–Crippen LogP) is 3.12. The Balaban J connectivity index is 1.66. The second kappa shape index (κ2) is 7.26. The molecular weight excluding hydrogens is 392 g/mol. The number of benzene rings is 2. The number of hydrogen-bond acceptors (Lipinski definition) is 5. The van der Waals surface area contributed by atoms with Gasteiger partial charge in [-0.05, 0) is 50.1 Å². The summed E-state index contributed by atoms with van der Waals surface area (Å²) in [7, 11) is -3.83. The fourth-order valence-corrected chi connectivity index (χ4v) is 4.98. The van der Waals surface area contributed by atoms with Gasteiger partial charge < -0.3 is 14.4 Å². The van der Waals surface area contributed by atoms with Gasteiger partial charge in [-0.2, -0.15) is 0 Å². The van der Waals surface area contributed by atoms with E-state index in [-0.39, 0.29) is 16.9 Å². The molecular formula is C21H24N2O5S. The molecule has 2 aromatic carbocycles. The second-order valence-corrected chi connectivity index (χ2v) is 9.02. The van der Waals surface area contributed by atoms with Gasteiger partial charge in [0, 0.05) is 37.2 Å². The highest BCUT2D eigenvalue weighted by Crippen LogP contribution is 2.39. The molecule has 1 N–H and O–H groups in total. The summed E-state index contributed by atoms with van der Waals surface area (Å²) in [5, 5.41) is 0. The highest BCUT2D eigenvalue weighted by molar-refractivity contribution is 7.92. The Labute approximate surface area is 170 Å². The molecule has 0 radical (unpaired) electrons. The lowest BCUT2D eigenvalue weighted by Gasteiger charge is -2.16. The zero-order valence-electron chi connectivity index (χ0n) is 16.7. The number of rotatable bonds is 5. The van der Waals surface area contributed by atoms with Gasteiger partial charge in [-0.3, -0.25) is 9.52 Å². The Morgan fingerprint density at radius 2 is 2.07 bits per heavy atom. The minimum Gasteiger partial charge on any atom is -0.492 e. The smallest absolute Gasteiger partial charge is 0.262 e. The van der Waals surface area contributed by atoms with Crippen molar-refractivity contribution in [3.05, 3.63) is 41.5 Å². The lowest BCUT2D eigenvalue weighted by molar-refractivity contribution is -0.116. The molecule has 154 valence electrons. The predicted molar refractivity (Wildman–Crippen MR) is 110 cm³/mol. The molecule has 0 saturated heterocycles. The number of carbonyl (C=O) groups excluding carboxylic acids is 1. The number of ether oxygens (including phenoxy) is 2. The molecule has 0 bridgehead atoms. The third-order valence-electron chi connectivity index (χ3n) is 5.18. The van der Waals surface area contributed by atoms with Crippen LogP contribution in [0.5, 0.6) is 11.5 Å². The van der Waals surface area contributed by atoms with Gasteiger partial charge in [0.05, 0.1) is 17.2 Å². The van der Waals surface area contributed by atoms with Crippen molar-refractivity contribution in [1.29, 1.82) is 0 Å². The van der Waals surface area contributed by atoms with Crippen molar-refractivity contribution in [2.24, 2.45) is 0 Å². The Kier molecular flexibility index (Phi) is 4.90. The van der Waals surface area contributed by atoms with Crippen molar-refractivity contribution in [2.75, 3.05) is 22.8 Å². The van der Waals surface area contributed by atoms with E-state index in [1.807, 2.05) is 19.9 Å². The lowest BCUT2D eigenvalue weighted by atomic mass is 10.1. The number of anilines is 2. The molecule has 8 heteroatoms. The molecule has 2 aliphatic rings. The number of sulfonamides is 1. The highest BCUT2D eigenvalue weighted by atomic mass is 32.2. The van der Waals surface area contributed by atoms with Gasteiger partial charge in [0.2, 0.25) is 5.91 Å². The summed E-state index contributed by atoms with van der Waals surface area (Å²) >= 11 is 0. The van der Waals surface area contributed by atoms with Crippen LogP contribution in [-0.2, 0) is 27.7 Å². The highest BCUT2D eigenvalue weighted by Gasteiger charge is 2.27. The second-order valence-electron chi connectivity index (χ2n) is 7.34.